The van der Waals surface area contributed by atoms with Crippen molar-refractivity contribution < 1.29 is 47.9 Å². The second kappa shape index (κ2) is 14.4. The van der Waals surface area contributed by atoms with Crippen molar-refractivity contribution in [2.24, 2.45) is 11.8 Å². The third-order valence-electron chi connectivity index (χ3n) is 7.07. The SMILES string of the molecule is COc1cc2sc(C(=O)C[C@H](C)C(=O)O)cc2c(F)c1OCCCOc1c(OC)cc2sc(CC[C@H](C)C(=O)O)cc2c1Cl. The quantitative estimate of drug-likeness (QED) is 0.0912. The van der Waals surface area contributed by atoms with Gasteiger partial charge in [-0.25, -0.2) is 4.39 Å². The molecule has 2 aromatic heterocycles. The molecule has 2 aromatic carbocycles. The summed E-state index contributed by atoms with van der Waals surface area (Å²) in [4.78, 5) is 36.1. The number of aliphatic carboxylic acids is 2. The topological polar surface area (TPSA) is 129 Å². The van der Waals surface area contributed by atoms with E-state index in [0.29, 0.717) is 40.5 Å². The maximum atomic E-state index is 15.5. The Kier molecular flexibility index (Phi) is 10.9. The number of carboxylic acids is 2. The van der Waals surface area contributed by atoms with Crippen molar-refractivity contribution in [1.29, 1.82) is 0 Å². The Morgan fingerprint density at radius 1 is 0.864 bits per heavy atom. The lowest BCUT2D eigenvalue weighted by atomic mass is 10.0. The molecule has 4 rings (SSSR count). The lowest BCUT2D eigenvalue weighted by Gasteiger charge is -2.14. The molecule has 4 aromatic rings. The molecule has 2 N–H and O–H groups in total. The lowest BCUT2D eigenvalue weighted by Crippen LogP contribution is -2.13. The number of rotatable bonds is 16. The van der Waals surface area contributed by atoms with Gasteiger partial charge in [-0.1, -0.05) is 25.4 Å². The monoisotopic (exact) mass is 666 g/mol. The van der Waals surface area contributed by atoms with Crippen LogP contribution in [0.15, 0.2) is 24.3 Å². The number of ether oxygens (including phenoxy) is 4. The highest BCUT2D eigenvalue weighted by Gasteiger charge is 2.23. The van der Waals surface area contributed by atoms with Gasteiger partial charge in [0.2, 0.25) is 0 Å². The molecule has 0 saturated heterocycles. The van der Waals surface area contributed by atoms with Gasteiger partial charge in [-0.3, -0.25) is 14.4 Å². The number of hydrogen-bond donors (Lipinski definition) is 2. The number of carbonyl (C=O) groups excluding carboxylic acids is 1. The molecule has 9 nitrogen and oxygen atoms in total. The first-order chi connectivity index (χ1) is 20.9. The molecule has 0 amide bonds. The van der Waals surface area contributed by atoms with Crippen LogP contribution in [0.5, 0.6) is 23.0 Å². The van der Waals surface area contributed by atoms with Crippen molar-refractivity contribution in [1.82, 2.24) is 0 Å². The van der Waals surface area contributed by atoms with Gasteiger partial charge in [0.15, 0.2) is 34.6 Å². The van der Waals surface area contributed by atoms with Gasteiger partial charge in [-0.2, -0.15) is 0 Å². The molecule has 44 heavy (non-hydrogen) atoms. The summed E-state index contributed by atoms with van der Waals surface area (Å²) >= 11 is 9.29. The van der Waals surface area contributed by atoms with Crippen LogP contribution in [-0.4, -0.2) is 55.4 Å². The number of thiophene rings is 2. The average molecular weight is 667 g/mol. The zero-order valence-corrected chi connectivity index (χ0v) is 26.9. The van der Waals surface area contributed by atoms with Crippen LogP contribution in [0.4, 0.5) is 4.39 Å². The average Bonchev–Trinajstić information content (AvgIpc) is 3.61. The number of carbonyl (C=O) groups is 3. The van der Waals surface area contributed by atoms with E-state index in [1.165, 1.54) is 38.5 Å². The third-order valence-corrected chi connectivity index (χ3v) is 9.71. The minimum atomic E-state index is -1.08. The summed E-state index contributed by atoms with van der Waals surface area (Å²) in [6.45, 7) is 3.38. The highest BCUT2D eigenvalue weighted by atomic mass is 35.5. The first-order valence-corrected chi connectivity index (χ1v) is 15.8. The Bertz CT molecular complexity index is 1700. The van der Waals surface area contributed by atoms with Gasteiger partial charge >= 0.3 is 11.9 Å². The molecule has 0 aliphatic rings. The molecule has 236 valence electrons. The Labute approximate surface area is 266 Å². The van der Waals surface area contributed by atoms with E-state index in [1.807, 2.05) is 12.1 Å². The van der Waals surface area contributed by atoms with Crippen molar-refractivity contribution in [3.8, 4) is 23.0 Å². The smallest absolute Gasteiger partial charge is 0.306 e. The number of aryl methyl sites for hydroxylation is 1. The van der Waals surface area contributed by atoms with Gasteiger partial charge in [0.25, 0.3) is 0 Å². The van der Waals surface area contributed by atoms with Crippen LogP contribution in [0.2, 0.25) is 5.02 Å². The van der Waals surface area contributed by atoms with Gasteiger partial charge in [0, 0.05) is 50.0 Å². The third kappa shape index (κ3) is 7.36. The summed E-state index contributed by atoms with van der Waals surface area (Å²) in [5, 5.41) is 19.6. The number of hydrogen-bond acceptors (Lipinski definition) is 9. The predicted molar refractivity (Wildman–Crippen MR) is 168 cm³/mol. The van der Waals surface area contributed by atoms with Crippen molar-refractivity contribution in [2.75, 3.05) is 27.4 Å². The molecule has 0 radical (unpaired) electrons. The highest BCUT2D eigenvalue weighted by molar-refractivity contribution is 7.21. The largest absolute Gasteiger partial charge is 0.493 e. The first-order valence-electron chi connectivity index (χ1n) is 13.8. The molecule has 0 aliphatic carbocycles. The minimum Gasteiger partial charge on any atom is -0.493 e. The van der Waals surface area contributed by atoms with Crippen LogP contribution in [0.25, 0.3) is 20.2 Å². The van der Waals surface area contributed by atoms with Crippen molar-refractivity contribution in [3.63, 3.8) is 0 Å². The van der Waals surface area contributed by atoms with E-state index in [4.69, 9.17) is 40.8 Å². The van der Waals surface area contributed by atoms with Crippen molar-refractivity contribution >= 4 is 72.2 Å². The van der Waals surface area contributed by atoms with Crippen LogP contribution in [0.1, 0.15) is 47.7 Å². The van der Waals surface area contributed by atoms with Crippen LogP contribution < -0.4 is 18.9 Å². The molecule has 0 fully saturated rings. The molecule has 0 saturated carbocycles. The number of carboxylic acid groups (broad SMARTS) is 2. The van der Waals surface area contributed by atoms with Gasteiger partial charge in [-0.05, 0) is 25.0 Å². The molecule has 0 aliphatic heterocycles. The fraction of sp³-hybridized carbons (Fsp3) is 0.387. The molecular weight excluding hydrogens is 635 g/mol. The number of benzene rings is 2. The highest BCUT2D eigenvalue weighted by Crippen LogP contribution is 2.45. The maximum Gasteiger partial charge on any atom is 0.306 e. The normalized spacial score (nSPS) is 12.7. The van der Waals surface area contributed by atoms with E-state index in [2.05, 4.69) is 0 Å². The number of methoxy groups -OCH3 is 2. The molecule has 0 unspecified atom stereocenters. The van der Waals surface area contributed by atoms with Crippen LogP contribution in [-0.2, 0) is 16.0 Å². The number of fused-ring (bicyclic) bond motifs is 2. The summed E-state index contributed by atoms with van der Waals surface area (Å²) in [6, 6.07) is 6.77. The first kappa shape index (κ1) is 33.3. The Morgan fingerprint density at radius 2 is 1.45 bits per heavy atom. The summed E-state index contributed by atoms with van der Waals surface area (Å²) in [5.41, 5.74) is 0. The van der Waals surface area contributed by atoms with Gasteiger partial charge in [0.1, 0.15) is 0 Å². The molecule has 2 heterocycles. The fourth-order valence-corrected chi connectivity index (χ4v) is 6.95. The summed E-state index contributed by atoms with van der Waals surface area (Å²) in [7, 11) is 2.90. The van der Waals surface area contributed by atoms with Crippen LogP contribution in [0.3, 0.4) is 0 Å². The Hall–Kier alpha value is -3.61. The van der Waals surface area contributed by atoms with Crippen molar-refractivity contribution in [2.45, 2.75) is 39.5 Å². The van der Waals surface area contributed by atoms with Crippen LogP contribution >= 0.6 is 34.3 Å². The Balaban J connectivity index is 1.42. The molecule has 0 bridgehead atoms. The molecule has 2 atom stereocenters. The number of Topliss-reactive ketones (excluding diaryl/α,β-unsaturated/α-hetero) is 1. The van der Waals surface area contributed by atoms with Crippen molar-refractivity contribution in [3.05, 3.63) is 44.9 Å². The van der Waals surface area contributed by atoms with E-state index < -0.39 is 29.6 Å². The second-order valence-electron chi connectivity index (χ2n) is 10.3. The second-order valence-corrected chi connectivity index (χ2v) is 12.9. The predicted octanol–water partition coefficient (Wildman–Crippen LogP) is 7.72. The van der Waals surface area contributed by atoms with E-state index in [1.54, 1.807) is 13.0 Å². The van der Waals surface area contributed by atoms with E-state index >= 15 is 4.39 Å². The van der Waals surface area contributed by atoms with Gasteiger partial charge in [-0.15, -0.1) is 22.7 Å². The van der Waals surface area contributed by atoms with Gasteiger partial charge in [0.05, 0.1) is 49.2 Å². The van der Waals surface area contributed by atoms with E-state index in [0.717, 1.165) is 26.3 Å². The summed E-state index contributed by atoms with van der Waals surface area (Å²) < 4.78 is 39.4. The standard InChI is InChI=1S/C31H32ClFO9S2/c1-15(30(35)36)6-7-17-11-18-23(43-17)13-21(39-3)28(26(18)32)41-8-5-9-42-29-22(40-4)14-24-19(27(29)33)12-25(44-24)20(34)10-16(2)31(37)38/h11-16H,5-10H2,1-4H3,(H,35,36)(H,37,38)/t15-,16-/m0/s1. The van der Waals surface area contributed by atoms with Crippen LogP contribution in [0, 0.1) is 17.7 Å². The molecule has 0 spiro atoms. The number of halogens is 2. The fourth-order valence-electron chi connectivity index (χ4n) is 4.44. The zero-order chi connectivity index (χ0) is 32.1. The summed E-state index contributed by atoms with van der Waals surface area (Å²) in [6.07, 6.45) is 1.29. The van der Waals surface area contributed by atoms with E-state index in [9.17, 15) is 14.4 Å². The summed E-state index contributed by atoms with van der Waals surface area (Å²) in [5.74, 6) is -3.39. The minimum absolute atomic E-state index is 0.0807. The maximum absolute atomic E-state index is 15.5. The lowest BCUT2D eigenvalue weighted by molar-refractivity contribution is -0.142. The Morgan fingerprint density at radius 3 is 2.07 bits per heavy atom. The van der Waals surface area contributed by atoms with Gasteiger partial charge < -0.3 is 29.2 Å². The zero-order valence-electron chi connectivity index (χ0n) is 24.5. The molecular formula is C31H32ClFO9S2. The van der Waals surface area contributed by atoms with E-state index in [-0.39, 0.29) is 47.2 Å². The molecule has 13 heteroatoms. The number of ketones is 1.